The highest BCUT2D eigenvalue weighted by Crippen LogP contribution is 2.36. The van der Waals surface area contributed by atoms with Crippen LogP contribution in [-0.4, -0.2) is 43.0 Å². The molecule has 2 fully saturated rings. The Kier molecular flexibility index (Phi) is 8.66. The standard InChI is InChI=1S/C20H30N4O2.HI/c1-2-22-20(24-12-16-7-3-4-8-17(16)13-24)23-11-15-6-5-9-18(10-15)26-14-19(21)25;/h5-6,9-10,16-17H,2-4,7-8,11-14H2,1H3,(H2,21,25)(H,22,23);1H. The number of nitrogens with zero attached hydrogens (tertiary/aromatic N) is 2. The van der Waals surface area contributed by atoms with Crippen molar-refractivity contribution >= 4 is 35.8 Å². The number of guanidine groups is 1. The Balaban J connectivity index is 0.00000261. The molecule has 1 saturated heterocycles. The van der Waals surface area contributed by atoms with Gasteiger partial charge in [0.2, 0.25) is 0 Å². The zero-order valence-electron chi connectivity index (χ0n) is 16.0. The third-order valence-corrected chi connectivity index (χ3v) is 5.30. The number of likely N-dealkylation sites (tertiary alicyclic amines) is 1. The Bertz CT molecular complexity index is 639. The average Bonchev–Trinajstić information content (AvgIpc) is 3.08. The summed E-state index contributed by atoms with van der Waals surface area (Å²) in [6.07, 6.45) is 5.47. The molecule has 2 unspecified atom stereocenters. The molecular formula is C20H31IN4O2. The van der Waals surface area contributed by atoms with E-state index in [9.17, 15) is 4.79 Å². The number of halogens is 1. The molecule has 27 heavy (non-hydrogen) atoms. The first-order valence-electron chi connectivity index (χ1n) is 9.69. The molecule has 1 aliphatic heterocycles. The maximum Gasteiger partial charge on any atom is 0.255 e. The quantitative estimate of drug-likeness (QED) is 0.368. The smallest absolute Gasteiger partial charge is 0.255 e. The fraction of sp³-hybridized carbons (Fsp3) is 0.600. The van der Waals surface area contributed by atoms with E-state index in [1.54, 1.807) is 0 Å². The minimum Gasteiger partial charge on any atom is -0.484 e. The molecular weight excluding hydrogens is 455 g/mol. The van der Waals surface area contributed by atoms with Crippen LogP contribution in [0.4, 0.5) is 0 Å². The highest BCUT2D eigenvalue weighted by molar-refractivity contribution is 14.0. The molecule has 0 spiro atoms. The normalized spacial score (nSPS) is 22.0. The lowest BCUT2D eigenvalue weighted by molar-refractivity contribution is -0.119. The summed E-state index contributed by atoms with van der Waals surface area (Å²) in [6.45, 7) is 5.70. The van der Waals surface area contributed by atoms with Crippen molar-refractivity contribution in [2.75, 3.05) is 26.2 Å². The van der Waals surface area contributed by atoms with Gasteiger partial charge in [-0.05, 0) is 49.3 Å². The summed E-state index contributed by atoms with van der Waals surface area (Å²) >= 11 is 0. The summed E-state index contributed by atoms with van der Waals surface area (Å²) in [7, 11) is 0. The maximum atomic E-state index is 10.9. The number of fused-ring (bicyclic) bond motifs is 1. The van der Waals surface area contributed by atoms with Crippen molar-refractivity contribution in [1.29, 1.82) is 0 Å². The van der Waals surface area contributed by atoms with Gasteiger partial charge in [0.1, 0.15) is 5.75 Å². The first-order valence-corrected chi connectivity index (χ1v) is 9.69. The highest BCUT2D eigenvalue weighted by atomic mass is 127. The molecule has 1 saturated carbocycles. The molecule has 1 aromatic rings. The number of ether oxygens (including phenoxy) is 1. The van der Waals surface area contributed by atoms with Crippen molar-refractivity contribution in [2.24, 2.45) is 22.6 Å². The van der Waals surface area contributed by atoms with E-state index in [1.807, 2.05) is 24.3 Å². The van der Waals surface area contributed by atoms with Crippen LogP contribution in [0.2, 0.25) is 0 Å². The van der Waals surface area contributed by atoms with Gasteiger partial charge in [-0.15, -0.1) is 24.0 Å². The lowest BCUT2D eigenvalue weighted by atomic mass is 9.82. The van der Waals surface area contributed by atoms with Crippen LogP contribution in [0.25, 0.3) is 0 Å². The van der Waals surface area contributed by atoms with Crippen molar-refractivity contribution < 1.29 is 9.53 Å². The van der Waals surface area contributed by atoms with Crippen molar-refractivity contribution in [1.82, 2.24) is 10.2 Å². The van der Waals surface area contributed by atoms with Crippen LogP contribution in [0.3, 0.4) is 0 Å². The number of hydrogen-bond acceptors (Lipinski definition) is 3. The van der Waals surface area contributed by atoms with Crippen LogP contribution in [0.5, 0.6) is 5.75 Å². The first kappa shape index (κ1) is 21.8. The predicted molar refractivity (Wildman–Crippen MR) is 118 cm³/mol. The highest BCUT2D eigenvalue weighted by Gasteiger charge is 2.35. The van der Waals surface area contributed by atoms with Gasteiger partial charge in [-0.3, -0.25) is 4.79 Å². The predicted octanol–water partition coefficient (Wildman–Crippen LogP) is 2.76. The largest absolute Gasteiger partial charge is 0.484 e. The van der Waals surface area contributed by atoms with Crippen molar-refractivity contribution in [3.05, 3.63) is 29.8 Å². The number of benzene rings is 1. The summed E-state index contributed by atoms with van der Waals surface area (Å²) in [5.74, 6) is 2.84. The van der Waals surface area contributed by atoms with Gasteiger partial charge in [0, 0.05) is 19.6 Å². The fourth-order valence-corrected chi connectivity index (χ4v) is 4.06. The van der Waals surface area contributed by atoms with E-state index < -0.39 is 5.91 Å². The van der Waals surface area contributed by atoms with Crippen LogP contribution < -0.4 is 15.8 Å². The molecule has 1 amide bonds. The molecule has 6 nitrogen and oxygen atoms in total. The number of primary amides is 1. The Hall–Kier alpha value is -1.51. The van der Waals surface area contributed by atoms with E-state index in [2.05, 4.69) is 17.1 Å². The van der Waals surface area contributed by atoms with Gasteiger partial charge in [-0.25, -0.2) is 4.99 Å². The maximum absolute atomic E-state index is 10.9. The van der Waals surface area contributed by atoms with Gasteiger partial charge in [0.25, 0.3) is 5.91 Å². The van der Waals surface area contributed by atoms with Gasteiger partial charge >= 0.3 is 0 Å². The topological polar surface area (TPSA) is 80.0 Å². The summed E-state index contributed by atoms with van der Waals surface area (Å²) in [5, 5.41) is 3.44. The SMILES string of the molecule is CCNC(=NCc1cccc(OCC(N)=O)c1)N1CC2CCCCC2C1.I. The second kappa shape index (κ2) is 10.7. The first-order chi connectivity index (χ1) is 12.7. The number of carbonyl (C=O) groups is 1. The molecule has 3 N–H and O–H groups in total. The Morgan fingerprint density at radius 3 is 2.63 bits per heavy atom. The molecule has 1 aromatic carbocycles. The van der Waals surface area contributed by atoms with Gasteiger partial charge in [-0.1, -0.05) is 25.0 Å². The molecule has 150 valence electrons. The van der Waals surface area contributed by atoms with E-state index in [1.165, 1.54) is 25.7 Å². The van der Waals surface area contributed by atoms with Gasteiger partial charge in [0.15, 0.2) is 12.6 Å². The number of rotatable bonds is 6. The van der Waals surface area contributed by atoms with Crippen LogP contribution in [-0.2, 0) is 11.3 Å². The van der Waals surface area contributed by atoms with Gasteiger partial charge < -0.3 is 20.7 Å². The number of nitrogens with two attached hydrogens (primary N) is 1. The molecule has 3 rings (SSSR count). The third kappa shape index (κ3) is 6.26. The van der Waals surface area contributed by atoms with Crippen molar-refractivity contribution in [3.63, 3.8) is 0 Å². The second-order valence-electron chi connectivity index (χ2n) is 7.28. The summed E-state index contributed by atoms with van der Waals surface area (Å²) in [4.78, 5) is 18.1. The second-order valence-corrected chi connectivity index (χ2v) is 7.28. The molecule has 7 heteroatoms. The fourth-order valence-electron chi connectivity index (χ4n) is 4.06. The van der Waals surface area contributed by atoms with E-state index in [4.69, 9.17) is 15.5 Å². The van der Waals surface area contributed by atoms with E-state index in [0.717, 1.165) is 43.0 Å². The molecule has 1 aliphatic carbocycles. The number of hydrogen-bond donors (Lipinski definition) is 2. The zero-order chi connectivity index (χ0) is 18.4. The summed E-state index contributed by atoms with van der Waals surface area (Å²) in [5.41, 5.74) is 6.18. The zero-order valence-corrected chi connectivity index (χ0v) is 18.4. The number of amides is 1. The number of aliphatic imine (C=N–C) groups is 1. The monoisotopic (exact) mass is 486 g/mol. The van der Waals surface area contributed by atoms with E-state index in [-0.39, 0.29) is 30.6 Å². The minimum atomic E-state index is -0.474. The molecule has 2 aliphatic rings. The molecule has 0 bridgehead atoms. The van der Waals surface area contributed by atoms with Crippen LogP contribution >= 0.6 is 24.0 Å². The van der Waals surface area contributed by atoms with Gasteiger partial charge in [-0.2, -0.15) is 0 Å². The van der Waals surface area contributed by atoms with Crippen molar-refractivity contribution in [2.45, 2.75) is 39.2 Å². The Labute approximate surface area is 178 Å². The third-order valence-electron chi connectivity index (χ3n) is 5.30. The summed E-state index contributed by atoms with van der Waals surface area (Å²) < 4.78 is 5.38. The van der Waals surface area contributed by atoms with Gasteiger partial charge in [0.05, 0.1) is 6.54 Å². The number of carbonyl (C=O) groups excluding carboxylic acids is 1. The molecule has 2 atom stereocenters. The lowest BCUT2D eigenvalue weighted by Gasteiger charge is -2.22. The molecule has 1 heterocycles. The van der Waals surface area contributed by atoms with E-state index >= 15 is 0 Å². The average molecular weight is 486 g/mol. The minimum absolute atomic E-state index is 0. The molecule has 0 aromatic heterocycles. The Morgan fingerprint density at radius 1 is 1.30 bits per heavy atom. The van der Waals surface area contributed by atoms with E-state index in [0.29, 0.717) is 12.3 Å². The number of nitrogens with one attached hydrogen (secondary N) is 1. The van der Waals surface area contributed by atoms with Crippen molar-refractivity contribution in [3.8, 4) is 5.75 Å². The summed E-state index contributed by atoms with van der Waals surface area (Å²) in [6, 6.07) is 7.68. The van der Waals surface area contributed by atoms with Crippen LogP contribution in [0.1, 0.15) is 38.2 Å². The Morgan fingerprint density at radius 2 is 2.00 bits per heavy atom. The lowest BCUT2D eigenvalue weighted by Crippen LogP contribution is -2.40. The van der Waals surface area contributed by atoms with Crippen LogP contribution in [0.15, 0.2) is 29.3 Å². The molecule has 0 radical (unpaired) electrons. The van der Waals surface area contributed by atoms with Crippen LogP contribution in [0, 0.1) is 11.8 Å².